The lowest BCUT2D eigenvalue weighted by atomic mass is 10.3. The van der Waals surface area contributed by atoms with Crippen molar-refractivity contribution in [2.45, 2.75) is 0 Å². The van der Waals surface area contributed by atoms with Gasteiger partial charge in [-0.3, -0.25) is 5.43 Å². The topological polar surface area (TPSA) is 33.3 Å². The van der Waals surface area contributed by atoms with Crippen molar-refractivity contribution in [2.24, 2.45) is 0 Å². The summed E-state index contributed by atoms with van der Waals surface area (Å²) < 4.78 is 6.15. The predicted molar refractivity (Wildman–Crippen MR) is 74.4 cm³/mol. The molecule has 0 unspecified atom stereocenters. The van der Waals surface area contributed by atoms with Crippen LogP contribution in [-0.4, -0.2) is 7.11 Å². The van der Waals surface area contributed by atoms with Crippen molar-refractivity contribution in [1.82, 2.24) is 0 Å². The van der Waals surface area contributed by atoms with Gasteiger partial charge < -0.3 is 10.2 Å². The molecule has 0 saturated carbocycles. The third-order valence-corrected chi connectivity index (χ3v) is 2.98. The number of hydrazine groups is 1. The third kappa shape index (κ3) is 3.14. The van der Waals surface area contributed by atoms with E-state index >= 15 is 0 Å². The first-order valence-corrected chi connectivity index (χ1v) is 5.99. The van der Waals surface area contributed by atoms with E-state index in [1.807, 2.05) is 48.5 Å². The molecule has 0 aliphatic carbocycles. The SMILES string of the molecule is COc1ccc(Br)c(NNc2ccccc2)c1. The maximum absolute atomic E-state index is 5.17. The molecule has 88 valence electrons. The van der Waals surface area contributed by atoms with Gasteiger partial charge in [-0.1, -0.05) is 18.2 Å². The van der Waals surface area contributed by atoms with Crippen molar-refractivity contribution in [3.8, 4) is 5.75 Å². The monoisotopic (exact) mass is 292 g/mol. The summed E-state index contributed by atoms with van der Waals surface area (Å²) in [5.74, 6) is 0.811. The number of halogens is 1. The van der Waals surface area contributed by atoms with Crippen LogP contribution in [0.5, 0.6) is 5.75 Å². The molecule has 0 aliphatic rings. The Bertz CT molecular complexity index is 488. The Hall–Kier alpha value is -1.68. The van der Waals surface area contributed by atoms with Crippen LogP contribution in [0.1, 0.15) is 0 Å². The predicted octanol–water partition coefficient (Wildman–Crippen LogP) is 3.90. The molecule has 0 fully saturated rings. The second-order valence-electron chi connectivity index (χ2n) is 3.46. The molecule has 4 heteroatoms. The summed E-state index contributed by atoms with van der Waals surface area (Å²) in [6.45, 7) is 0. The number of ether oxygens (including phenoxy) is 1. The van der Waals surface area contributed by atoms with Crippen molar-refractivity contribution in [3.05, 3.63) is 53.0 Å². The van der Waals surface area contributed by atoms with Gasteiger partial charge in [0.1, 0.15) is 5.75 Å². The molecular weight excluding hydrogens is 280 g/mol. The van der Waals surface area contributed by atoms with Crippen LogP contribution >= 0.6 is 15.9 Å². The molecule has 17 heavy (non-hydrogen) atoms. The Balaban J connectivity index is 2.08. The number of methoxy groups -OCH3 is 1. The minimum Gasteiger partial charge on any atom is -0.497 e. The zero-order chi connectivity index (χ0) is 12.1. The fraction of sp³-hybridized carbons (Fsp3) is 0.0769. The highest BCUT2D eigenvalue weighted by Gasteiger charge is 2.01. The smallest absolute Gasteiger partial charge is 0.121 e. The molecule has 3 nitrogen and oxygen atoms in total. The third-order valence-electron chi connectivity index (χ3n) is 2.29. The highest BCUT2D eigenvalue weighted by molar-refractivity contribution is 9.10. The Morgan fingerprint density at radius 2 is 1.76 bits per heavy atom. The molecule has 0 aromatic heterocycles. The summed E-state index contributed by atoms with van der Waals surface area (Å²) in [4.78, 5) is 0. The quantitative estimate of drug-likeness (QED) is 0.839. The number of para-hydroxylation sites is 1. The molecule has 0 radical (unpaired) electrons. The van der Waals surface area contributed by atoms with Crippen molar-refractivity contribution in [3.63, 3.8) is 0 Å². The number of hydrogen-bond acceptors (Lipinski definition) is 3. The lowest BCUT2D eigenvalue weighted by Gasteiger charge is -2.12. The van der Waals surface area contributed by atoms with Gasteiger partial charge in [0.2, 0.25) is 0 Å². The lowest BCUT2D eigenvalue weighted by Crippen LogP contribution is -2.08. The second kappa shape index (κ2) is 5.59. The number of hydrogen-bond donors (Lipinski definition) is 2. The molecule has 0 spiro atoms. The van der Waals surface area contributed by atoms with Crippen LogP contribution in [0, 0.1) is 0 Å². The van der Waals surface area contributed by atoms with E-state index < -0.39 is 0 Å². The molecule has 0 bridgehead atoms. The van der Waals surface area contributed by atoms with Crippen molar-refractivity contribution >= 4 is 27.3 Å². The van der Waals surface area contributed by atoms with Gasteiger partial charge in [0, 0.05) is 10.5 Å². The molecule has 0 aliphatic heterocycles. The second-order valence-corrected chi connectivity index (χ2v) is 4.32. The molecule has 0 amide bonds. The first-order valence-electron chi connectivity index (χ1n) is 5.20. The van der Waals surface area contributed by atoms with Crippen LogP contribution in [0.15, 0.2) is 53.0 Å². The molecule has 0 saturated heterocycles. The summed E-state index contributed by atoms with van der Waals surface area (Å²) in [7, 11) is 1.65. The van der Waals surface area contributed by atoms with E-state index in [0.29, 0.717) is 0 Å². The normalized spacial score (nSPS) is 9.76. The van der Waals surface area contributed by atoms with Gasteiger partial charge >= 0.3 is 0 Å². The fourth-order valence-electron chi connectivity index (χ4n) is 1.39. The van der Waals surface area contributed by atoms with E-state index in [2.05, 4.69) is 26.8 Å². The zero-order valence-corrected chi connectivity index (χ0v) is 11.0. The van der Waals surface area contributed by atoms with E-state index in [9.17, 15) is 0 Å². The van der Waals surface area contributed by atoms with E-state index in [0.717, 1.165) is 21.6 Å². The zero-order valence-electron chi connectivity index (χ0n) is 9.41. The maximum atomic E-state index is 5.17. The van der Waals surface area contributed by atoms with Gasteiger partial charge in [-0.05, 0) is 40.2 Å². The summed E-state index contributed by atoms with van der Waals surface area (Å²) >= 11 is 3.48. The summed E-state index contributed by atoms with van der Waals surface area (Å²) in [6.07, 6.45) is 0. The van der Waals surface area contributed by atoms with Gasteiger partial charge in [-0.2, -0.15) is 0 Å². The van der Waals surface area contributed by atoms with Crippen LogP contribution in [0.4, 0.5) is 11.4 Å². The van der Waals surface area contributed by atoms with Gasteiger partial charge in [0.25, 0.3) is 0 Å². The van der Waals surface area contributed by atoms with E-state index in [-0.39, 0.29) is 0 Å². The maximum Gasteiger partial charge on any atom is 0.121 e. The average Bonchev–Trinajstić information content (AvgIpc) is 2.39. The number of rotatable bonds is 4. The minimum absolute atomic E-state index is 0.811. The van der Waals surface area contributed by atoms with Crippen LogP contribution in [-0.2, 0) is 0 Å². The van der Waals surface area contributed by atoms with Crippen molar-refractivity contribution < 1.29 is 4.74 Å². The molecule has 2 rings (SSSR count). The highest BCUT2D eigenvalue weighted by Crippen LogP contribution is 2.27. The molecule has 2 N–H and O–H groups in total. The Labute approximate surface area is 109 Å². The van der Waals surface area contributed by atoms with Crippen molar-refractivity contribution in [1.29, 1.82) is 0 Å². The van der Waals surface area contributed by atoms with Crippen molar-refractivity contribution in [2.75, 3.05) is 18.0 Å². The summed E-state index contributed by atoms with van der Waals surface area (Å²) in [5.41, 5.74) is 8.17. The molecule has 2 aromatic carbocycles. The lowest BCUT2D eigenvalue weighted by molar-refractivity contribution is 0.415. The largest absolute Gasteiger partial charge is 0.497 e. The Kier molecular flexibility index (Phi) is 3.88. The Morgan fingerprint density at radius 3 is 2.47 bits per heavy atom. The molecular formula is C13H13BrN2O. The number of benzene rings is 2. The van der Waals surface area contributed by atoms with Gasteiger partial charge in [-0.15, -0.1) is 0 Å². The average molecular weight is 293 g/mol. The van der Waals surface area contributed by atoms with Crippen LogP contribution in [0.3, 0.4) is 0 Å². The number of nitrogens with one attached hydrogen (secondary N) is 2. The Morgan fingerprint density at radius 1 is 1.00 bits per heavy atom. The summed E-state index contributed by atoms with van der Waals surface area (Å²) in [6, 6.07) is 15.7. The highest BCUT2D eigenvalue weighted by atomic mass is 79.9. The minimum atomic E-state index is 0.811. The van der Waals surface area contributed by atoms with Gasteiger partial charge in [-0.25, -0.2) is 0 Å². The molecule has 2 aromatic rings. The fourth-order valence-corrected chi connectivity index (χ4v) is 1.73. The van der Waals surface area contributed by atoms with E-state index in [1.54, 1.807) is 7.11 Å². The first kappa shape index (κ1) is 11.8. The van der Waals surface area contributed by atoms with E-state index in [4.69, 9.17) is 4.74 Å². The van der Waals surface area contributed by atoms with Crippen LogP contribution in [0.25, 0.3) is 0 Å². The standard InChI is InChI=1S/C13H13BrN2O/c1-17-11-7-8-12(14)13(9-11)16-15-10-5-3-2-4-6-10/h2-9,15-16H,1H3. The first-order chi connectivity index (χ1) is 8.29. The van der Waals surface area contributed by atoms with Crippen LogP contribution in [0.2, 0.25) is 0 Å². The number of anilines is 2. The van der Waals surface area contributed by atoms with E-state index in [1.165, 1.54) is 0 Å². The van der Waals surface area contributed by atoms with Crippen LogP contribution < -0.4 is 15.6 Å². The van der Waals surface area contributed by atoms with Gasteiger partial charge in [0.05, 0.1) is 18.5 Å². The molecule has 0 atom stereocenters. The summed E-state index contributed by atoms with van der Waals surface area (Å²) in [5, 5.41) is 0. The molecule has 0 heterocycles. The van der Waals surface area contributed by atoms with Gasteiger partial charge in [0.15, 0.2) is 0 Å².